The zero-order valence-electron chi connectivity index (χ0n) is 14.3. The van der Waals surface area contributed by atoms with Crippen molar-refractivity contribution in [3.63, 3.8) is 0 Å². The van der Waals surface area contributed by atoms with E-state index in [1.165, 1.54) is 0 Å². The second-order valence-corrected chi connectivity index (χ2v) is 6.78. The van der Waals surface area contributed by atoms with Crippen molar-refractivity contribution < 1.29 is 9.59 Å². The van der Waals surface area contributed by atoms with Gasteiger partial charge in [0.05, 0.1) is 18.7 Å². The Bertz CT molecular complexity index is 805. The molecule has 2 amide bonds. The van der Waals surface area contributed by atoms with Crippen molar-refractivity contribution in [1.82, 2.24) is 15.2 Å². The summed E-state index contributed by atoms with van der Waals surface area (Å²) in [6, 6.07) is 4.04. The quantitative estimate of drug-likeness (QED) is 0.818. The fourth-order valence-corrected chi connectivity index (χ4v) is 3.76. The Hall–Kier alpha value is -2.52. The average Bonchev–Trinajstić information content (AvgIpc) is 3.02. The molecule has 2 aromatic heterocycles. The highest BCUT2D eigenvalue weighted by molar-refractivity contribution is 7.15. The van der Waals surface area contributed by atoms with Gasteiger partial charge in [-0.05, 0) is 45.4 Å². The van der Waals surface area contributed by atoms with E-state index in [1.54, 1.807) is 11.3 Å². The molecule has 0 bridgehead atoms. The number of amides is 2. The van der Waals surface area contributed by atoms with Gasteiger partial charge in [-0.2, -0.15) is 0 Å². The van der Waals surface area contributed by atoms with E-state index in [4.69, 9.17) is 6.42 Å². The fraction of sp³-hybridized carbons (Fsp3) is 0.333. The summed E-state index contributed by atoms with van der Waals surface area (Å²) in [4.78, 5) is 25.4. The molecule has 0 saturated carbocycles. The highest BCUT2D eigenvalue weighted by atomic mass is 32.1. The van der Waals surface area contributed by atoms with E-state index in [-0.39, 0.29) is 24.9 Å². The first-order chi connectivity index (χ1) is 11.4. The highest BCUT2D eigenvalue weighted by Crippen LogP contribution is 2.32. The van der Waals surface area contributed by atoms with E-state index in [2.05, 4.69) is 21.1 Å². The van der Waals surface area contributed by atoms with Gasteiger partial charge in [-0.3, -0.25) is 9.59 Å². The lowest BCUT2D eigenvalue weighted by Gasteiger charge is -2.11. The van der Waals surface area contributed by atoms with E-state index in [0.717, 1.165) is 26.8 Å². The Morgan fingerprint density at radius 1 is 1.17 bits per heavy atom. The van der Waals surface area contributed by atoms with Crippen molar-refractivity contribution in [2.45, 2.75) is 27.7 Å². The molecular weight excluding hydrogens is 322 g/mol. The van der Waals surface area contributed by atoms with E-state index in [0.29, 0.717) is 5.56 Å². The minimum atomic E-state index is -0.305. The minimum absolute atomic E-state index is 0.0993. The first-order valence-electron chi connectivity index (χ1n) is 7.60. The summed E-state index contributed by atoms with van der Waals surface area (Å²) in [6.07, 6.45) is 5.10. The van der Waals surface area contributed by atoms with Crippen LogP contribution in [0.2, 0.25) is 0 Å². The Morgan fingerprint density at radius 2 is 1.79 bits per heavy atom. The smallest absolute Gasteiger partial charge is 0.255 e. The van der Waals surface area contributed by atoms with Crippen LogP contribution in [-0.2, 0) is 4.79 Å². The maximum atomic E-state index is 12.7. The number of carbonyl (C=O) groups is 2. The number of rotatable bonds is 5. The SMILES string of the molecule is C#CCNC(=O)CNC(=O)c1c(-n2c(C)ccc2C)sc(C)c1C. The number of carbonyl (C=O) groups excluding carboxylic acids is 2. The molecule has 24 heavy (non-hydrogen) atoms. The van der Waals surface area contributed by atoms with Gasteiger partial charge in [0.2, 0.25) is 5.91 Å². The van der Waals surface area contributed by atoms with Gasteiger partial charge >= 0.3 is 0 Å². The van der Waals surface area contributed by atoms with Crippen LogP contribution in [0.4, 0.5) is 0 Å². The molecule has 0 aliphatic heterocycles. The summed E-state index contributed by atoms with van der Waals surface area (Å²) < 4.78 is 2.07. The van der Waals surface area contributed by atoms with Crippen LogP contribution in [0.1, 0.15) is 32.2 Å². The van der Waals surface area contributed by atoms with Crippen molar-refractivity contribution in [3.05, 3.63) is 39.5 Å². The summed E-state index contributed by atoms with van der Waals surface area (Å²) in [5.41, 5.74) is 3.68. The van der Waals surface area contributed by atoms with E-state index < -0.39 is 0 Å². The fourth-order valence-electron chi connectivity index (χ4n) is 2.48. The Morgan fingerprint density at radius 3 is 2.38 bits per heavy atom. The number of nitrogens with zero attached hydrogens (tertiary/aromatic N) is 1. The Balaban J connectivity index is 2.29. The van der Waals surface area contributed by atoms with Gasteiger partial charge in [-0.15, -0.1) is 17.8 Å². The number of hydrogen-bond donors (Lipinski definition) is 2. The summed E-state index contributed by atoms with van der Waals surface area (Å²) in [6.45, 7) is 7.99. The number of nitrogens with one attached hydrogen (secondary N) is 2. The second-order valence-electron chi connectivity index (χ2n) is 5.58. The van der Waals surface area contributed by atoms with Crippen molar-refractivity contribution in [3.8, 4) is 17.3 Å². The predicted octanol–water partition coefficient (Wildman–Crippen LogP) is 2.25. The third-order valence-electron chi connectivity index (χ3n) is 3.87. The van der Waals surface area contributed by atoms with Crippen LogP contribution >= 0.6 is 11.3 Å². The number of hydrogen-bond acceptors (Lipinski definition) is 3. The monoisotopic (exact) mass is 343 g/mol. The van der Waals surface area contributed by atoms with Crippen LogP contribution in [-0.4, -0.2) is 29.5 Å². The number of aromatic nitrogens is 1. The molecule has 0 spiro atoms. The first kappa shape index (κ1) is 17.8. The van der Waals surface area contributed by atoms with Gasteiger partial charge in [0.1, 0.15) is 5.00 Å². The molecule has 2 heterocycles. The van der Waals surface area contributed by atoms with E-state index >= 15 is 0 Å². The molecule has 2 rings (SSSR count). The van der Waals surface area contributed by atoms with Gasteiger partial charge in [-0.25, -0.2) is 0 Å². The summed E-state index contributed by atoms with van der Waals surface area (Å²) in [5.74, 6) is 1.76. The van der Waals surface area contributed by atoms with Crippen molar-refractivity contribution in [1.29, 1.82) is 0 Å². The molecule has 0 unspecified atom stereocenters. The Kier molecular flexibility index (Phi) is 5.47. The molecule has 5 nitrogen and oxygen atoms in total. The van der Waals surface area contributed by atoms with Crippen LogP contribution in [0.5, 0.6) is 0 Å². The molecule has 0 saturated heterocycles. The Labute approximate surface area is 146 Å². The lowest BCUT2D eigenvalue weighted by molar-refractivity contribution is -0.119. The molecule has 0 radical (unpaired) electrons. The number of aryl methyl sites for hydroxylation is 3. The van der Waals surface area contributed by atoms with Gasteiger partial charge in [0.25, 0.3) is 5.91 Å². The van der Waals surface area contributed by atoms with Gasteiger partial charge in [-0.1, -0.05) is 5.92 Å². The third-order valence-corrected chi connectivity index (χ3v) is 5.06. The van der Waals surface area contributed by atoms with Crippen molar-refractivity contribution in [2.24, 2.45) is 0 Å². The molecular formula is C18H21N3O2S. The molecule has 0 atom stereocenters. The molecule has 2 N–H and O–H groups in total. The maximum absolute atomic E-state index is 12.7. The van der Waals surface area contributed by atoms with E-state index in [9.17, 15) is 9.59 Å². The normalized spacial score (nSPS) is 10.3. The second kappa shape index (κ2) is 7.37. The topological polar surface area (TPSA) is 63.1 Å². The lowest BCUT2D eigenvalue weighted by Crippen LogP contribution is -2.37. The lowest BCUT2D eigenvalue weighted by atomic mass is 10.1. The molecule has 0 aliphatic carbocycles. The van der Waals surface area contributed by atoms with Crippen LogP contribution in [0, 0.1) is 40.0 Å². The third kappa shape index (κ3) is 3.52. The summed E-state index contributed by atoms with van der Waals surface area (Å²) >= 11 is 1.58. The average molecular weight is 343 g/mol. The van der Waals surface area contributed by atoms with Gasteiger partial charge in [0.15, 0.2) is 0 Å². The van der Waals surface area contributed by atoms with Crippen LogP contribution < -0.4 is 10.6 Å². The highest BCUT2D eigenvalue weighted by Gasteiger charge is 2.22. The molecule has 6 heteroatoms. The van der Waals surface area contributed by atoms with Crippen LogP contribution in [0.15, 0.2) is 12.1 Å². The first-order valence-corrected chi connectivity index (χ1v) is 8.42. The largest absolute Gasteiger partial charge is 0.344 e. The zero-order chi connectivity index (χ0) is 17.9. The number of thiophene rings is 1. The minimum Gasteiger partial charge on any atom is -0.344 e. The van der Waals surface area contributed by atoms with Crippen molar-refractivity contribution in [2.75, 3.05) is 13.1 Å². The summed E-state index contributed by atoms with van der Waals surface area (Å²) in [7, 11) is 0. The molecule has 126 valence electrons. The number of terminal acetylenes is 1. The molecule has 2 aromatic rings. The van der Waals surface area contributed by atoms with Crippen LogP contribution in [0.25, 0.3) is 5.00 Å². The van der Waals surface area contributed by atoms with E-state index in [1.807, 2.05) is 39.8 Å². The zero-order valence-corrected chi connectivity index (χ0v) is 15.1. The maximum Gasteiger partial charge on any atom is 0.255 e. The summed E-state index contributed by atoms with van der Waals surface area (Å²) in [5, 5.41) is 6.08. The standard InChI is InChI=1S/C18H21N3O2S/c1-6-9-19-15(22)10-20-17(23)16-13(4)14(5)24-18(16)21-11(2)7-8-12(21)3/h1,7-8H,9-10H2,2-5H3,(H,19,22)(H,20,23). The molecule has 0 aromatic carbocycles. The van der Waals surface area contributed by atoms with Crippen LogP contribution in [0.3, 0.4) is 0 Å². The molecule has 0 fully saturated rings. The van der Waals surface area contributed by atoms with Gasteiger partial charge < -0.3 is 15.2 Å². The van der Waals surface area contributed by atoms with Gasteiger partial charge in [0, 0.05) is 16.3 Å². The molecule has 0 aliphatic rings. The predicted molar refractivity (Wildman–Crippen MR) is 96.8 cm³/mol. The van der Waals surface area contributed by atoms with Crippen molar-refractivity contribution >= 4 is 23.2 Å².